The van der Waals surface area contributed by atoms with Gasteiger partial charge in [0.25, 0.3) is 0 Å². The third-order valence-corrected chi connectivity index (χ3v) is 4.55. The Morgan fingerprint density at radius 3 is 3.00 bits per heavy atom. The van der Waals surface area contributed by atoms with E-state index >= 15 is 0 Å². The SMILES string of the molecule is c1ncc(CNCC2CN(c3cc4c(nn3)CCCC4)C2)o1. The van der Waals surface area contributed by atoms with E-state index in [2.05, 4.69) is 31.5 Å². The van der Waals surface area contributed by atoms with Crippen LogP contribution in [0.15, 0.2) is 23.1 Å². The van der Waals surface area contributed by atoms with Crippen LogP contribution in [0, 0.1) is 5.92 Å². The average Bonchev–Trinajstić information content (AvgIpc) is 3.02. The number of aryl methyl sites for hydroxylation is 2. The third kappa shape index (κ3) is 2.83. The van der Waals surface area contributed by atoms with Crippen molar-refractivity contribution in [1.82, 2.24) is 20.5 Å². The van der Waals surface area contributed by atoms with Crippen LogP contribution in [0.4, 0.5) is 5.82 Å². The van der Waals surface area contributed by atoms with Crippen molar-refractivity contribution in [2.45, 2.75) is 32.2 Å². The molecule has 4 rings (SSSR count). The van der Waals surface area contributed by atoms with E-state index in [0.717, 1.165) is 50.6 Å². The molecule has 0 atom stereocenters. The van der Waals surface area contributed by atoms with E-state index < -0.39 is 0 Å². The van der Waals surface area contributed by atoms with Crippen LogP contribution in [-0.2, 0) is 19.4 Å². The van der Waals surface area contributed by atoms with Gasteiger partial charge < -0.3 is 14.6 Å². The average molecular weight is 299 g/mol. The maximum absolute atomic E-state index is 5.21. The lowest BCUT2D eigenvalue weighted by molar-refractivity contribution is 0.371. The minimum atomic E-state index is 0.667. The van der Waals surface area contributed by atoms with Crippen LogP contribution >= 0.6 is 0 Å². The number of nitrogens with one attached hydrogen (secondary N) is 1. The molecular weight excluding hydrogens is 278 g/mol. The first-order chi connectivity index (χ1) is 10.9. The van der Waals surface area contributed by atoms with Crippen LogP contribution in [0.3, 0.4) is 0 Å². The number of aromatic nitrogens is 3. The van der Waals surface area contributed by atoms with E-state index in [9.17, 15) is 0 Å². The summed E-state index contributed by atoms with van der Waals surface area (Å²) in [5, 5.41) is 12.2. The van der Waals surface area contributed by atoms with Gasteiger partial charge in [0.2, 0.25) is 0 Å². The van der Waals surface area contributed by atoms with Gasteiger partial charge in [-0.3, -0.25) is 0 Å². The zero-order chi connectivity index (χ0) is 14.8. The standard InChI is InChI=1S/C16H21N5O/c1-2-4-15-13(3-1)5-16(20-19-15)21-9-12(10-21)6-17-7-14-8-18-11-22-14/h5,8,11-12,17H,1-4,6-7,9-10H2. The number of fused-ring (bicyclic) bond motifs is 1. The molecule has 0 spiro atoms. The fourth-order valence-corrected chi connectivity index (χ4v) is 3.25. The highest BCUT2D eigenvalue weighted by Gasteiger charge is 2.28. The Labute approximate surface area is 129 Å². The van der Waals surface area contributed by atoms with Crippen molar-refractivity contribution in [2.24, 2.45) is 5.92 Å². The quantitative estimate of drug-likeness (QED) is 0.904. The van der Waals surface area contributed by atoms with Crippen molar-refractivity contribution in [1.29, 1.82) is 0 Å². The molecule has 0 unspecified atom stereocenters. The Balaban J connectivity index is 1.26. The largest absolute Gasteiger partial charge is 0.447 e. The topological polar surface area (TPSA) is 67.1 Å². The molecule has 2 aliphatic rings. The maximum atomic E-state index is 5.21. The summed E-state index contributed by atoms with van der Waals surface area (Å²) in [5.74, 6) is 2.60. The molecule has 1 saturated heterocycles. The van der Waals surface area contributed by atoms with E-state index in [-0.39, 0.29) is 0 Å². The van der Waals surface area contributed by atoms with E-state index in [1.165, 1.54) is 30.5 Å². The molecule has 1 aliphatic carbocycles. The zero-order valence-corrected chi connectivity index (χ0v) is 12.7. The monoisotopic (exact) mass is 299 g/mol. The van der Waals surface area contributed by atoms with E-state index in [1.54, 1.807) is 6.20 Å². The Kier molecular flexibility index (Phi) is 3.76. The summed E-state index contributed by atoms with van der Waals surface area (Å²) in [6.07, 6.45) is 8.01. The van der Waals surface area contributed by atoms with Crippen molar-refractivity contribution in [3.8, 4) is 0 Å². The summed E-state index contributed by atoms with van der Waals surface area (Å²) in [5.41, 5.74) is 2.61. The van der Waals surface area contributed by atoms with Crippen molar-refractivity contribution in [3.63, 3.8) is 0 Å². The highest BCUT2D eigenvalue weighted by Crippen LogP contribution is 2.26. The summed E-state index contributed by atoms with van der Waals surface area (Å²) in [7, 11) is 0. The molecule has 1 aliphatic heterocycles. The minimum absolute atomic E-state index is 0.667. The van der Waals surface area contributed by atoms with Gasteiger partial charge in [-0.2, -0.15) is 5.10 Å². The molecule has 0 bridgehead atoms. The Morgan fingerprint density at radius 2 is 2.14 bits per heavy atom. The van der Waals surface area contributed by atoms with Gasteiger partial charge in [-0.25, -0.2) is 4.98 Å². The van der Waals surface area contributed by atoms with Crippen LogP contribution in [0.25, 0.3) is 0 Å². The van der Waals surface area contributed by atoms with Gasteiger partial charge in [0.1, 0.15) is 5.76 Å². The summed E-state index contributed by atoms with van der Waals surface area (Å²) in [4.78, 5) is 6.23. The van der Waals surface area contributed by atoms with E-state index in [4.69, 9.17) is 4.42 Å². The van der Waals surface area contributed by atoms with Gasteiger partial charge in [-0.1, -0.05) is 0 Å². The van der Waals surface area contributed by atoms with E-state index in [0.29, 0.717) is 5.92 Å². The van der Waals surface area contributed by atoms with Crippen LogP contribution in [-0.4, -0.2) is 34.8 Å². The second kappa shape index (κ2) is 6.04. The molecule has 2 aromatic heterocycles. The molecule has 0 saturated carbocycles. The van der Waals surface area contributed by atoms with Crippen molar-refractivity contribution in [3.05, 3.63) is 35.7 Å². The molecule has 1 N–H and O–H groups in total. The highest BCUT2D eigenvalue weighted by atomic mass is 16.3. The minimum Gasteiger partial charge on any atom is -0.447 e. The van der Waals surface area contributed by atoms with Crippen LogP contribution in [0.2, 0.25) is 0 Å². The molecule has 116 valence electrons. The predicted octanol–water partition coefficient (Wildman–Crippen LogP) is 1.57. The van der Waals surface area contributed by atoms with Gasteiger partial charge in [-0.05, 0) is 37.3 Å². The number of nitrogens with zero attached hydrogens (tertiary/aromatic N) is 4. The summed E-state index contributed by atoms with van der Waals surface area (Å²) >= 11 is 0. The van der Waals surface area contributed by atoms with Gasteiger partial charge in [0.15, 0.2) is 12.2 Å². The molecule has 0 amide bonds. The number of oxazole rings is 1. The maximum Gasteiger partial charge on any atom is 0.180 e. The molecule has 3 heterocycles. The number of rotatable bonds is 5. The Morgan fingerprint density at radius 1 is 1.23 bits per heavy atom. The number of hydrogen-bond acceptors (Lipinski definition) is 6. The van der Waals surface area contributed by atoms with Crippen LogP contribution < -0.4 is 10.2 Å². The van der Waals surface area contributed by atoms with Gasteiger partial charge in [-0.15, -0.1) is 5.10 Å². The molecular formula is C16H21N5O. The first kappa shape index (κ1) is 13.7. The third-order valence-electron chi connectivity index (χ3n) is 4.55. The summed E-state index contributed by atoms with van der Waals surface area (Å²) in [6, 6.07) is 2.25. The second-order valence-electron chi connectivity index (χ2n) is 6.25. The Hall–Kier alpha value is -1.95. The molecule has 6 nitrogen and oxygen atoms in total. The predicted molar refractivity (Wildman–Crippen MR) is 82.6 cm³/mol. The second-order valence-corrected chi connectivity index (χ2v) is 6.25. The van der Waals surface area contributed by atoms with Crippen LogP contribution in [0.5, 0.6) is 0 Å². The smallest absolute Gasteiger partial charge is 0.180 e. The molecule has 22 heavy (non-hydrogen) atoms. The lowest BCUT2D eigenvalue weighted by atomic mass is 9.95. The number of hydrogen-bond donors (Lipinski definition) is 1. The van der Waals surface area contributed by atoms with Crippen molar-refractivity contribution < 1.29 is 4.42 Å². The molecule has 0 aromatic carbocycles. The lowest BCUT2D eigenvalue weighted by Crippen LogP contribution is -2.51. The molecule has 2 aromatic rings. The van der Waals surface area contributed by atoms with Crippen molar-refractivity contribution in [2.75, 3.05) is 24.5 Å². The first-order valence-electron chi connectivity index (χ1n) is 8.07. The Bertz CT molecular complexity index is 621. The summed E-state index contributed by atoms with van der Waals surface area (Å²) < 4.78 is 5.21. The molecule has 1 fully saturated rings. The van der Waals surface area contributed by atoms with Gasteiger partial charge in [0, 0.05) is 25.6 Å². The number of anilines is 1. The normalized spacial score (nSPS) is 18.1. The fraction of sp³-hybridized carbons (Fsp3) is 0.562. The first-order valence-corrected chi connectivity index (χ1v) is 8.07. The fourth-order valence-electron chi connectivity index (χ4n) is 3.25. The molecule has 6 heteroatoms. The lowest BCUT2D eigenvalue weighted by Gasteiger charge is -2.40. The van der Waals surface area contributed by atoms with Crippen LogP contribution in [0.1, 0.15) is 29.9 Å². The summed E-state index contributed by atoms with van der Waals surface area (Å²) in [6.45, 7) is 3.85. The van der Waals surface area contributed by atoms with Crippen molar-refractivity contribution >= 4 is 5.82 Å². The zero-order valence-electron chi connectivity index (χ0n) is 12.7. The van der Waals surface area contributed by atoms with Gasteiger partial charge in [0.05, 0.1) is 18.4 Å². The van der Waals surface area contributed by atoms with E-state index in [1.807, 2.05) is 0 Å². The van der Waals surface area contributed by atoms with Gasteiger partial charge >= 0.3 is 0 Å². The highest BCUT2D eigenvalue weighted by molar-refractivity contribution is 5.44. The molecule has 0 radical (unpaired) electrons.